The Bertz CT molecular complexity index is 386. The maximum absolute atomic E-state index is 12.1. The van der Waals surface area contributed by atoms with Crippen LogP contribution < -0.4 is 4.72 Å². The van der Waals surface area contributed by atoms with Crippen LogP contribution in [0.1, 0.15) is 68.2 Å². The first-order valence-electron chi connectivity index (χ1n) is 7.28. The molecule has 1 N–H and O–H groups in total. The molecular formula is C15H33NO3S. The highest BCUT2D eigenvalue weighted by atomic mass is 32.2. The molecule has 0 unspecified atom stereocenters. The summed E-state index contributed by atoms with van der Waals surface area (Å²) in [4.78, 5) is 0. The first-order chi connectivity index (χ1) is 8.66. The van der Waals surface area contributed by atoms with E-state index in [0.29, 0.717) is 6.61 Å². The van der Waals surface area contributed by atoms with Crippen molar-refractivity contribution in [2.24, 2.45) is 5.41 Å². The number of hydrogen-bond acceptors (Lipinski definition) is 3. The van der Waals surface area contributed by atoms with Gasteiger partial charge >= 0.3 is 0 Å². The summed E-state index contributed by atoms with van der Waals surface area (Å²) in [5, 5.41) is 0. The molecule has 4 nitrogen and oxygen atoms in total. The summed E-state index contributed by atoms with van der Waals surface area (Å²) in [7, 11) is -3.31. The molecule has 20 heavy (non-hydrogen) atoms. The van der Waals surface area contributed by atoms with E-state index in [9.17, 15) is 8.42 Å². The van der Waals surface area contributed by atoms with E-state index in [0.717, 1.165) is 19.4 Å². The third-order valence-electron chi connectivity index (χ3n) is 2.84. The number of sulfonamides is 1. The van der Waals surface area contributed by atoms with Gasteiger partial charge in [0.05, 0.1) is 11.4 Å². The molecule has 0 bridgehead atoms. The predicted octanol–water partition coefficient (Wildman–Crippen LogP) is 3.33. The molecule has 0 amide bonds. The molecule has 0 aliphatic carbocycles. The number of rotatable bonds is 7. The molecule has 0 heterocycles. The minimum absolute atomic E-state index is 0.170. The molecule has 0 aromatic carbocycles. The second-order valence-electron chi connectivity index (χ2n) is 8.32. The van der Waals surface area contributed by atoms with E-state index >= 15 is 0 Å². The van der Waals surface area contributed by atoms with Crippen molar-refractivity contribution >= 4 is 10.0 Å². The second-order valence-corrected chi connectivity index (χ2v) is 10.8. The highest BCUT2D eigenvalue weighted by Gasteiger charge is 2.34. The van der Waals surface area contributed by atoms with Crippen LogP contribution in [0.3, 0.4) is 0 Å². The highest BCUT2D eigenvalue weighted by molar-refractivity contribution is 7.90. The van der Waals surface area contributed by atoms with Gasteiger partial charge in [-0.25, -0.2) is 13.1 Å². The van der Waals surface area contributed by atoms with Gasteiger partial charge < -0.3 is 4.74 Å². The third kappa shape index (κ3) is 8.22. The summed E-state index contributed by atoms with van der Waals surface area (Å²) in [6.45, 7) is 16.7. The quantitative estimate of drug-likeness (QED) is 0.734. The van der Waals surface area contributed by atoms with Crippen molar-refractivity contribution < 1.29 is 13.2 Å². The van der Waals surface area contributed by atoms with Crippen molar-refractivity contribution in [1.82, 2.24) is 4.72 Å². The number of nitrogens with one attached hydrogen (secondary N) is 1. The monoisotopic (exact) mass is 307 g/mol. The summed E-state index contributed by atoms with van der Waals surface area (Å²) in [6, 6.07) is 0. The Morgan fingerprint density at radius 2 is 1.45 bits per heavy atom. The van der Waals surface area contributed by atoms with Gasteiger partial charge in [-0.05, 0) is 52.9 Å². The highest BCUT2D eigenvalue weighted by Crippen LogP contribution is 2.20. The van der Waals surface area contributed by atoms with E-state index in [1.165, 1.54) is 0 Å². The van der Waals surface area contributed by atoms with E-state index in [1.54, 1.807) is 20.8 Å². The number of ether oxygens (including phenoxy) is 1. The Morgan fingerprint density at radius 3 is 1.85 bits per heavy atom. The largest absolute Gasteiger partial charge is 0.381 e. The van der Waals surface area contributed by atoms with E-state index in [-0.39, 0.29) is 5.41 Å². The molecule has 0 aliphatic heterocycles. The number of hydrogen-bond donors (Lipinski definition) is 1. The first kappa shape index (κ1) is 19.9. The zero-order valence-electron chi connectivity index (χ0n) is 14.5. The molecule has 0 atom stereocenters. The van der Waals surface area contributed by atoms with Crippen molar-refractivity contribution in [3.8, 4) is 0 Å². The van der Waals surface area contributed by atoms with Crippen molar-refractivity contribution in [3.05, 3.63) is 0 Å². The van der Waals surface area contributed by atoms with Gasteiger partial charge in [-0.15, -0.1) is 0 Å². The van der Waals surface area contributed by atoms with Crippen LogP contribution >= 0.6 is 0 Å². The van der Waals surface area contributed by atoms with Crippen molar-refractivity contribution in [2.75, 3.05) is 13.2 Å². The Balaban J connectivity index is 4.22. The minimum Gasteiger partial charge on any atom is -0.381 e. The van der Waals surface area contributed by atoms with Crippen LogP contribution in [0.25, 0.3) is 0 Å². The summed E-state index contributed by atoms with van der Waals surface area (Å²) >= 11 is 0. The summed E-state index contributed by atoms with van der Waals surface area (Å²) in [5.41, 5.74) is -0.277. The molecule has 122 valence electrons. The predicted molar refractivity (Wildman–Crippen MR) is 85.4 cm³/mol. The van der Waals surface area contributed by atoms with Gasteiger partial charge in [-0.2, -0.15) is 0 Å². The lowest BCUT2D eigenvalue weighted by Gasteiger charge is -2.30. The van der Waals surface area contributed by atoms with E-state index < -0.39 is 20.3 Å². The van der Waals surface area contributed by atoms with Crippen molar-refractivity contribution in [3.63, 3.8) is 0 Å². The van der Waals surface area contributed by atoms with Gasteiger partial charge in [0.15, 0.2) is 0 Å². The van der Waals surface area contributed by atoms with Gasteiger partial charge in [-0.1, -0.05) is 20.8 Å². The lowest BCUT2D eigenvalue weighted by molar-refractivity contribution is 0.0663. The zero-order chi connectivity index (χ0) is 16.2. The molecular weight excluding hydrogens is 274 g/mol. The Hall–Kier alpha value is -0.130. The molecule has 0 aliphatic rings. The lowest BCUT2D eigenvalue weighted by atomic mass is 9.98. The van der Waals surface area contributed by atoms with E-state index in [1.807, 2.05) is 13.8 Å². The zero-order valence-corrected chi connectivity index (χ0v) is 15.3. The van der Waals surface area contributed by atoms with Crippen LogP contribution in [0.15, 0.2) is 0 Å². The standard InChI is InChI=1S/C15H33NO3S/c1-13(2,3)12-19-11-9-10-15(7,8)16-20(17,18)14(4,5)6/h16H,9-12H2,1-8H3. The van der Waals surface area contributed by atoms with Crippen LogP contribution in [-0.2, 0) is 14.8 Å². The SMILES string of the molecule is CC(C)(C)COCCCC(C)(C)NS(=O)(=O)C(C)(C)C. The van der Waals surface area contributed by atoms with Gasteiger partial charge in [0.2, 0.25) is 10.0 Å². The molecule has 0 fully saturated rings. The molecule has 0 rings (SSSR count). The maximum Gasteiger partial charge on any atom is 0.217 e. The average molecular weight is 308 g/mol. The van der Waals surface area contributed by atoms with Crippen molar-refractivity contribution in [1.29, 1.82) is 0 Å². The molecule has 5 heteroatoms. The second kappa shape index (κ2) is 6.75. The lowest BCUT2D eigenvalue weighted by Crippen LogP contribution is -2.50. The topological polar surface area (TPSA) is 55.4 Å². The van der Waals surface area contributed by atoms with Crippen LogP contribution in [0.4, 0.5) is 0 Å². The van der Waals surface area contributed by atoms with Gasteiger partial charge in [-0.3, -0.25) is 0 Å². The summed E-state index contributed by atoms with van der Waals surface area (Å²) < 4.78 is 31.9. The molecule has 0 radical (unpaired) electrons. The summed E-state index contributed by atoms with van der Waals surface area (Å²) in [5.74, 6) is 0. The van der Waals surface area contributed by atoms with Crippen LogP contribution in [0.2, 0.25) is 0 Å². The fraction of sp³-hybridized carbons (Fsp3) is 1.00. The van der Waals surface area contributed by atoms with Gasteiger partial charge in [0.25, 0.3) is 0 Å². The van der Waals surface area contributed by atoms with Gasteiger partial charge in [0, 0.05) is 12.1 Å². The van der Waals surface area contributed by atoms with Crippen LogP contribution in [0.5, 0.6) is 0 Å². The van der Waals surface area contributed by atoms with E-state index in [4.69, 9.17) is 4.74 Å². The summed E-state index contributed by atoms with van der Waals surface area (Å²) in [6.07, 6.45) is 1.60. The van der Waals surface area contributed by atoms with Crippen molar-refractivity contribution in [2.45, 2.75) is 78.5 Å². The smallest absolute Gasteiger partial charge is 0.217 e. The normalized spacial score (nSPS) is 14.6. The molecule has 0 spiro atoms. The van der Waals surface area contributed by atoms with Crippen LogP contribution in [-0.4, -0.2) is 31.9 Å². The Morgan fingerprint density at radius 1 is 0.950 bits per heavy atom. The maximum atomic E-state index is 12.1. The fourth-order valence-corrected chi connectivity index (χ4v) is 2.70. The minimum atomic E-state index is -3.31. The third-order valence-corrected chi connectivity index (χ3v) is 5.28. The Kier molecular flexibility index (Phi) is 6.71. The van der Waals surface area contributed by atoms with E-state index in [2.05, 4.69) is 25.5 Å². The fourth-order valence-electron chi connectivity index (χ4n) is 1.56. The molecule has 0 saturated carbocycles. The Labute approximate surface area is 125 Å². The first-order valence-corrected chi connectivity index (χ1v) is 8.76. The van der Waals surface area contributed by atoms with Gasteiger partial charge in [0.1, 0.15) is 0 Å². The molecule has 0 aromatic rings. The van der Waals surface area contributed by atoms with Crippen LogP contribution in [0, 0.1) is 5.41 Å². The average Bonchev–Trinajstić information content (AvgIpc) is 2.10. The molecule has 0 aromatic heterocycles. The molecule has 0 saturated heterocycles.